The van der Waals surface area contributed by atoms with Gasteiger partial charge in [-0.2, -0.15) is 9.97 Å². The largest absolute Gasteiger partial charge is 1.00 e. The maximum atomic E-state index is 5.30. The van der Waals surface area contributed by atoms with E-state index in [1.165, 1.54) is 0 Å². The average molecular weight is 615 g/mol. The predicted molar refractivity (Wildman–Crippen MR) is 84.5 cm³/mol. The smallest absolute Gasteiger partial charge is 0.519 e. The number of H-pyrrole nitrogens is 4. The van der Waals surface area contributed by atoms with Crippen molar-refractivity contribution in [2.75, 3.05) is 17.2 Å². The van der Waals surface area contributed by atoms with Crippen molar-refractivity contribution in [3.05, 3.63) is 67.3 Å². The molecule has 10 N–H and O–H groups in total. The van der Waals surface area contributed by atoms with Crippen molar-refractivity contribution in [2.24, 2.45) is 0 Å². The number of hydrogen-bond acceptors (Lipinski definition) is 3. The first-order valence-corrected chi connectivity index (χ1v) is 6.26. The Morgan fingerprint density at radius 1 is 0.464 bits per heavy atom. The van der Waals surface area contributed by atoms with E-state index >= 15 is 0 Å². The monoisotopic (exact) mass is 612 g/mol. The predicted octanol–water partition coefficient (Wildman–Crippen LogP) is -19.3. The summed E-state index contributed by atoms with van der Waals surface area (Å²) in [4.78, 5) is 11.1. The molecule has 3 aromatic heterocycles. The SMILES string of the molecule is Nc1[nH+]ccc[nH+]1.Nc1cccc[nH+]1.Nc1cccc[nH+]1.[Cl-].[Cl-].[Cl-].[Cl-].[Cl-].[Cl-].[In]. The van der Waals surface area contributed by atoms with Crippen molar-refractivity contribution in [2.45, 2.75) is 0 Å². The number of nitrogen functional groups attached to an aromatic ring is 3. The normalized spacial score (nSPS) is 6.43. The molecule has 0 spiro atoms. The first kappa shape index (κ1) is 45.9. The molecule has 0 aliphatic heterocycles. The van der Waals surface area contributed by atoms with Gasteiger partial charge in [-0.25, -0.2) is 15.7 Å². The van der Waals surface area contributed by atoms with Gasteiger partial charge in [0.05, 0.1) is 12.4 Å². The molecule has 0 aromatic carbocycles. The molecule has 14 heteroatoms. The fraction of sp³-hybridized carbons (Fsp3) is 0. The number of nitrogens with one attached hydrogen (secondary N) is 4. The Bertz CT molecular complexity index is 525. The van der Waals surface area contributed by atoms with Crippen molar-refractivity contribution in [1.29, 1.82) is 0 Å². The zero-order valence-electron chi connectivity index (χ0n) is 14.4. The topological polar surface area (TPSA) is 135 Å². The van der Waals surface area contributed by atoms with Gasteiger partial charge in [0.2, 0.25) is 0 Å². The third-order valence-electron chi connectivity index (χ3n) is 2.14. The summed E-state index contributed by atoms with van der Waals surface area (Å²) >= 11 is 0. The molecule has 3 heterocycles. The van der Waals surface area contributed by atoms with Gasteiger partial charge >= 0.3 is 5.95 Å². The molecular formula is C14H21Cl6InN7-2. The van der Waals surface area contributed by atoms with Crippen LogP contribution in [0.3, 0.4) is 0 Å². The van der Waals surface area contributed by atoms with Crippen LogP contribution >= 0.6 is 0 Å². The second kappa shape index (κ2) is 31.1. The van der Waals surface area contributed by atoms with Gasteiger partial charge in [-0.15, -0.1) is 0 Å². The molecule has 159 valence electrons. The molecule has 0 aliphatic carbocycles. The van der Waals surface area contributed by atoms with E-state index in [2.05, 4.69) is 19.9 Å². The first-order valence-electron chi connectivity index (χ1n) is 6.26. The van der Waals surface area contributed by atoms with Gasteiger partial charge in [-0.1, -0.05) is 12.1 Å². The number of halogens is 6. The molecular weight excluding hydrogens is 594 g/mol. The van der Waals surface area contributed by atoms with Crippen LogP contribution in [-0.2, 0) is 0 Å². The van der Waals surface area contributed by atoms with Crippen molar-refractivity contribution >= 4 is 43.4 Å². The van der Waals surface area contributed by atoms with E-state index in [9.17, 15) is 0 Å². The molecule has 0 aliphatic rings. The van der Waals surface area contributed by atoms with E-state index in [1.807, 2.05) is 30.3 Å². The van der Waals surface area contributed by atoms with Gasteiger partial charge in [0.25, 0.3) is 11.6 Å². The Labute approximate surface area is 220 Å². The standard InChI is InChI=1S/2C5H6N2.C4H5N3.6ClH.In/c2*6-5-3-1-2-4-7-5;5-4-6-2-1-3-7-4;;;;;;;/h2*1-4H,(H2,6,7);1-3H,(H2,5,6,7);6*1H;/p-2. The molecule has 3 radical (unpaired) electrons. The van der Waals surface area contributed by atoms with Crippen molar-refractivity contribution in [3.8, 4) is 0 Å². The summed E-state index contributed by atoms with van der Waals surface area (Å²) in [6.45, 7) is 0. The van der Waals surface area contributed by atoms with Gasteiger partial charge in [-0.05, 0) is 12.1 Å². The van der Waals surface area contributed by atoms with Crippen LogP contribution in [0.2, 0.25) is 0 Å². The summed E-state index contributed by atoms with van der Waals surface area (Å²) in [5.41, 5.74) is 15.9. The second-order valence-corrected chi connectivity index (χ2v) is 3.86. The van der Waals surface area contributed by atoms with Crippen LogP contribution in [0.5, 0.6) is 0 Å². The van der Waals surface area contributed by atoms with Crippen LogP contribution in [0.15, 0.2) is 67.3 Å². The molecule has 0 amide bonds. The summed E-state index contributed by atoms with van der Waals surface area (Å²) in [5, 5.41) is 0. The average Bonchev–Trinajstić information content (AvgIpc) is 2.51. The first-order chi connectivity index (χ1) is 10.2. The van der Waals surface area contributed by atoms with E-state index in [0.29, 0.717) is 17.6 Å². The third-order valence-corrected chi connectivity index (χ3v) is 2.14. The van der Waals surface area contributed by atoms with Crippen molar-refractivity contribution in [1.82, 2.24) is 0 Å². The minimum Gasteiger partial charge on any atom is -1.00 e. The maximum Gasteiger partial charge on any atom is 0.519 e. The van der Waals surface area contributed by atoms with Crippen LogP contribution < -0.4 is 112 Å². The van der Waals surface area contributed by atoms with Crippen LogP contribution in [0.4, 0.5) is 17.6 Å². The minimum atomic E-state index is 0. The quantitative estimate of drug-likeness (QED) is 0.232. The van der Waals surface area contributed by atoms with Crippen molar-refractivity contribution < 1.29 is 94.4 Å². The number of aromatic amines is 4. The Morgan fingerprint density at radius 2 is 0.786 bits per heavy atom. The second-order valence-electron chi connectivity index (χ2n) is 3.86. The Morgan fingerprint density at radius 3 is 0.929 bits per heavy atom. The number of hydrogen-bond donors (Lipinski definition) is 3. The molecule has 0 unspecified atom stereocenters. The molecule has 3 aromatic rings. The van der Waals surface area contributed by atoms with E-state index in [1.54, 1.807) is 36.9 Å². The molecule has 28 heavy (non-hydrogen) atoms. The molecule has 0 bridgehead atoms. The zero-order chi connectivity index (χ0) is 15.3. The van der Waals surface area contributed by atoms with E-state index in [-0.39, 0.29) is 100 Å². The van der Waals surface area contributed by atoms with Gasteiger partial charge in [-0.3, -0.25) is 11.5 Å². The number of anilines is 3. The number of pyridine rings is 2. The van der Waals surface area contributed by atoms with Gasteiger partial charge < -0.3 is 74.4 Å². The summed E-state index contributed by atoms with van der Waals surface area (Å²) in [6, 6.07) is 13.0. The van der Waals surface area contributed by atoms with E-state index < -0.39 is 0 Å². The molecule has 3 rings (SSSR count). The molecule has 0 saturated heterocycles. The van der Waals surface area contributed by atoms with Crippen LogP contribution in [-0.4, -0.2) is 25.8 Å². The van der Waals surface area contributed by atoms with Crippen LogP contribution in [0.1, 0.15) is 0 Å². The Balaban J connectivity index is -0.0000000420. The third kappa shape index (κ3) is 27.6. The molecule has 0 saturated carbocycles. The number of nitrogens with two attached hydrogens (primary N) is 3. The van der Waals surface area contributed by atoms with Crippen molar-refractivity contribution in [3.63, 3.8) is 0 Å². The number of rotatable bonds is 0. The number of aromatic nitrogens is 4. The van der Waals surface area contributed by atoms with Gasteiger partial charge in [0, 0.05) is 44.0 Å². The molecule has 0 atom stereocenters. The summed E-state index contributed by atoms with van der Waals surface area (Å²) < 4.78 is 0. The van der Waals surface area contributed by atoms with Gasteiger partial charge in [0.15, 0.2) is 0 Å². The minimum absolute atomic E-state index is 0. The maximum absolute atomic E-state index is 5.30. The summed E-state index contributed by atoms with van der Waals surface area (Å²) in [5.74, 6) is 1.97. The Hall–Kier alpha value is -0.610. The van der Waals surface area contributed by atoms with Gasteiger partial charge in [0.1, 0.15) is 12.4 Å². The van der Waals surface area contributed by atoms with Crippen LogP contribution in [0, 0.1) is 0 Å². The fourth-order valence-electron chi connectivity index (χ4n) is 1.18. The molecule has 0 fully saturated rings. The summed E-state index contributed by atoms with van der Waals surface area (Å²) in [7, 11) is 0. The fourth-order valence-corrected chi connectivity index (χ4v) is 1.18. The van der Waals surface area contributed by atoms with E-state index in [4.69, 9.17) is 17.2 Å². The molecule has 7 nitrogen and oxygen atoms in total. The van der Waals surface area contributed by atoms with E-state index in [0.717, 1.165) is 0 Å². The zero-order valence-corrected chi connectivity index (χ0v) is 22.3. The summed E-state index contributed by atoms with van der Waals surface area (Å²) in [6.07, 6.45) is 7.09. The van der Waals surface area contributed by atoms with Crippen LogP contribution in [0.25, 0.3) is 0 Å². The Kier molecular flexibility index (Phi) is 51.0.